The highest BCUT2D eigenvalue weighted by Gasteiger charge is 2.22. The number of aryl methyl sites for hydroxylation is 1. The van der Waals surface area contributed by atoms with Crippen molar-refractivity contribution < 1.29 is 4.74 Å². The molecule has 1 aliphatic rings. The molecule has 4 rings (SSSR count). The van der Waals surface area contributed by atoms with Gasteiger partial charge in [0.15, 0.2) is 0 Å². The van der Waals surface area contributed by atoms with E-state index in [0.717, 1.165) is 48.9 Å². The normalized spacial score (nSPS) is 14.1. The molecular formula is C23H25ClN4O2. The van der Waals surface area contributed by atoms with E-state index in [9.17, 15) is 4.79 Å². The van der Waals surface area contributed by atoms with Gasteiger partial charge in [-0.05, 0) is 30.7 Å². The predicted octanol–water partition coefficient (Wildman–Crippen LogP) is 3.66. The number of H-pyrrole nitrogens is 1. The molecule has 2 heterocycles. The van der Waals surface area contributed by atoms with Gasteiger partial charge in [0.25, 0.3) is 5.56 Å². The van der Waals surface area contributed by atoms with E-state index in [1.807, 2.05) is 49.4 Å². The zero-order valence-electron chi connectivity index (χ0n) is 17.2. The molecule has 0 unspecified atom stereocenters. The largest absolute Gasteiger partial charge is 0.495 e. The van der Waals surface area contributed by atoms with Crippen molar-refractivity contribution in [3.05, 3.63) is 80.7 Å². The smallest absolute Gasteiger partial charge is 0.256 e. The van der Waals surface area contributed by atoms with Crippen molar-refractivity contribution in [2.75, 3.05) is 43.1 Å². The molecule has 0 spiro atoms. The summed E-state index contributed by atoms with van der Waals surface area (Å²) in [5.41, 5.74) is 3.30. The third kappa shape index (κ3) is 4.14. The molecule has 3 aromatic rings. The highest BCUT2D eigenvalue weighted by atomic mass is 35.5. The number of nitrogens with one attached hydrogen (secondary N) is 1. The predicted molar refractivity (Wildman–Crippen MR) is 121 cm³/mol. The minimum atomic E-state index is -0.107. The molecule has 1 aromatic heterocycles. The molecule has 1 fully saturated rings. The molecule has 1 aliphatic heterocycles. The Labute approximate surface area is 181 Å². The van der Waals surface area contributed by atoms with Gasteiger partial charge in [0.2, 0.25) is 5.95 Å². The van der Waals surface area contributed by atoms with E-state index in [1.54, 1.807) is 7.11 Å². The van der Waals surface area contributed by atoms with Crippen molar-refractivity contribution in [3.63, 3.8) is 0 Å². The van der Waals surface area contributed by atoms with E-state index in [2.05, 4.69) is 20.9 Å². The Morgan fingerprint density at radius 1 is 1.03 bits per heavy atom. The third-order valence-corrected chi connectivity index (χ3v) is 5.91. The molecule has 1 N–H and O–H groups in total. The summed E-state index contributed by atoms with van der Waals surface area (Å²) in [6.45, 7) is 5.07. The van der Waals surface area contributed by atoms with Gasteiger partial charge in [-0.15, -0.1) is 0 Å². The number of nitrogens with zero attached hydrogens (tertiary/aromatic N) is 3. The van der Waals surface area contributed by atoms with E-state index < -0.39 is 0 Å². The maximum atomic E-state index is 12.8. The quantitative estimate of drug-likeness (QED) is 0.677. The Balaban J connectivity index is 1.49. The number of methoxy groups -OCH3 is 1. The fourth-order valence-electron chi connectivity index (χ4n) is 3.84. The first-order chi connectivity index (χ1) is 14.6. The molecule has 30 heavy (non-hydrogen) atoms. The standard InChI is InChI=1S/C23H25ClN4O2/c1-16-18(15-17-7-3-4-8-19(17)24)22(29)26-23(25-16)28-13-11-27(12-14-28)20-9-5-6-10-21(20)30-2/h3-10H,11-15H2,1-2H3,(H,25,26,29). The van der Waals surface area contributed by atoms with E-state index in [-0.39, 0.29) is 5.56 Å². The number of anilines is 2. The van der Waals surface area contributed by atoms with Crippen molar-refractivity contribution in [2.45, 2.75) is 13.3 Å². The number of benzene rings is 2. The molecule has 0 radical (unpaired) electrons. The molecule has 1 saturated heterocycles. The summed E-state index contributed by atoms with van der Waals surface area (Å²) in [5.74, 6) is 1.50. The summed E-state index contributed by atoms with van der Waals surface area (Å²) in [4.78, 5) is 24.9. The third-order valence-electron chi connectivity index (χ3n) is 5.54. The van der Waals surface area contributed by atoms with Crippen LogP contribution in [0.2, 0.25) is 5.02 Å². The van der Waals surface area contributed by atoms with Crippen LogP contribution in [0.1, 0.15) is 16.8 Å². The summed E-state index contributed by atoms with van der Waals surface area (Å²) in [7, 11) is 1.69. The Morgan fingerprint density at radius 3 is 2.40 bits per heavy atom. The maximum absolute atomic E-state index is 12.8. The van der Waals surface area contributed by atoms with Gasteiger partial charge in [0.1, 0.15) is 5.75 Å². The summed E-state index contributed by atoms with van der Waals surface area (Å²) in [6.07, 6.45) is 0.468. The lowest BCUT2D eigenvalue weighted by molar-refractivity contribution is 0.413. The molecule has 0 atom stereocenters. The molecule has 7 heteroatoms. The maximum Gasteiger partial charge on any atom is 0.256 e. The summed E-state index contributed by atoms with van der Waals surface area (Å²) in [6, 6.07) is 15.6. The zero-order chi connectivity index (χ0) is 21.1. The van der Waals surface area contributed by atoms with Gasteiger partial charge in [-0.25, -0.2) is 4.98 Å². The highest BCUT2D eigenvalue weighted by molar-refractivity contribution is 6.31. The van der Waals surface area contributed by atoms with Gasteiger partial charge in [0.05, 0.1) is 18.5 Å². The number of piperazine rings is 1. The lowest BCUT2D eigenvalue weighted by atomic mass is 10.1. The van der Waals surface area contributed by atoms with Gasteiger partial charge in [-0.3, -0.25) is 9.78 Å². The average molecular weight is 425 g/mol. The Morgan fingerprint density at radius 2 is 1.70 bits per heavy atom. The van der Waals surface area contributed by atoms with Crippen LogP contribution < -0.4 is 20.1 Å². The minimum Gasteiger partial charge on any atom is -0.495 e. The summed E-state index contributed by atoms with van der Waals surface area (Å²) < 4.78 is 5.49. The van der Waals surface area contributed by atoms with Crippen LogP contribution in [-0.2, 0) is 6.42 Å². The van der Waals surface area contributed by atoms with E-state index in [4.69, 9.17) is 21.3 Å². The van der Waals surface area contributed by atoms with Crippen molar-refractivity contribution in [3.8, 4) is 5.75 Å². The topological polar surface area (TPSA) is 61.5 Å². The van der Waals surface area contributed by atoms with E-state index in [1.165, 1.54) is 0 Å². The Kier molecular flexibility index (Phi) is 5.95. The molecular weight excluding hydrogens is 400 g/mol. The minimum absolute atomic E-state index is 0.107. The van der Waals surface area contributed by atoms with Crippen molar-refractivity contribution in [2.24, 2.45) is 0 Å². The van der Waals surface area contributed by atoms with Crippen molar-refractivity contribution in [1.82, 2.24) is 9.97 Å². The van der Waals surface area contributed by atoms with Crippen LogP contribution in [-0.4, -0.2) is 43.3 Å². The summed E-state index contributed by atoms with van der Waals surface area (Å²) >= 11 is 6.26. The van der Waals surface area contributed by atoms with Crippen LogP contribution in [0.5, 0.6) is 5.75 Å². The number of hydrogen-bond donors (Lipinski definition) is 1. The number of ether oxygens (including phenoxy) is 1. The van der Waals surface area contributed by atoms with Crippen LogP contribution in [0.3, 0.4) is 0 Å². The first-order valence-corrected chi connectivity index (χ1v) is 10.4. The van der Waals surface area contributed by atoms with Crippen molar-refractivity contribution >= 4 is 23.2 Å². The van der Waals surface area contributed by atoms with Gasteiger partial charge in [-0.1, -0.05) is 41.9 Å². The van der Waals surface area contributed by atoms with E-state index in [0.29, 0.717) is 23.0 Å². The molecule has 0 amide bonds. The Hall–Kier alpha value is -2.99. The second-order valence-electron chi connectivity index (χ2n) is 7.37. The molecule has 2 aromatic carbocycles. The van der Waals surface area contributed by atoms with E-state index >= 15 is 0 Å². The fraction of sp³-hybridized carbons (Fsp3) is 0.304. The van der Waals surface area contributed by atoms with Gasteiger partial charge < -0.3 is 14.5 Å². The van der Waals surface area contributed by atoms with Crippen LogP contribution in [0, 0.1) is 6.92 Å². The average Bonchev–Trinajstić information content (AvgIpc) is 2.77. The van der Waals surface area contributed by atoms with Gasteiger partial charge in [-0.2, -0.15) is 0 Å². The SMILES string of the molecule is COc1ccccc1N1CCN(c2nc(C)c(Cc3ccccc3Cl)c(=O)[nH]2)CC1. The number of hydrogen-bond acceptors (Lipinski definition) is 5. The first-order valence-electron chi connectivity index (χ1n) is 10.0. The lowest BCUT2D eigenvalue weighted by Gasteiger charge is -2.37. The monoisotopic (exact) mass is 424 g/mol. The van der Waals surface area contributed by atoms with Crippen molar-refractivity contribution in [1.29, 1.82) is 0 Å². The number of rotatable bonds is 5. The van der Waals surface area contributed by atoms with Gasteiger partial charge in [0, 0.05) is 43.2 Å². The second kappa shape index (κ2) is 8.79. The second-order valence-corrected chi connectivity index (χ2v) is 7.77. The molecule has 0 bridgehead atoms. The van der Waals surface area contributed by atoms with Crippen LogP contribution >= 0.6 is 11.6 Å². The summed E-state index contributed by atoms with van der Waals surface area (Å²) in [5, 5.41) is 0.660. The molecule has 6 nitrogen and oxygen atoms in total. The zero-order valence-corrected chi connectivity index (χ0v) is 17.9. The lowest BCUT2D eigenvalue weighted by Crippen LogP contribution is -2.47. The first kappa shape index (κ1) is 20.3. The molecule has 0 saturated carbocycles. The van der Waals surface area contributed by atoms with Gasteiger partial charge >= 0.3 is 0 Å². The van der Waals surface area contributed by atoms with Crippen LogP contribution in [0.25, 0.3) is 0 Å². The highest BCUT2D eigenvalue weighted by Crippen LogP contribution is 2.28. The van der Waals surface area contributed by atoms with Crippen LogP contribution in [0.4, 0.5) is 11.6 Å². The number of para-hydroxylation sites is 2. The number of aromatic nitrogens is 2. The van der Waals surface area contributed by atoms with Crippen LogP contribution in [0.15, 0.2) is 53.3 Å². The molecule has 0 aliphatic carbocycles. The number of halogens is 1. The Bertz CT molecular complexity index is 1090. The fourth-order valence-corrected chi connectivity index (χ4v) is 4.04. The number of aromatic amines is 1. The molecule has 156 valence electrons.